The molecule has 0 bridgehead atoms. The summed E-state index contributed by atoms with van der Waals surface area (Å²) in [5.41, 5.74) is 7.49. The highest BCUT2D eigenvalue weighted by atomic mass is 35.5. The van der Waals surface area contributed by atoms with Gasteiger partial charge in [-0.05, 0) is 93.1 Å². The summed E-state index contributed by atoms with van der Waals surface area (Å²) in [5.74, 6) is 2.95. The molecule has 0 heterocycles. The van der Waals surface area contributed by atoms with E-state index < -0.39 is 0 Å². The molecular formula is C27H39ClN2O. The number of amides is 1. The average molecular weight is 443 g/mol. The molecule has 1 aromatic rings. The summed E-state index contributed by atoms with van der Waals surface area (Å²) >= 11 is 6.22. The van der Waals surface area contributed by atoms with Crippen molar-refractivity contribution in [2.45, 2.75) is 82.6 Å². The van der Waals surface area contributed by atoms with Crippen LogP contribution in [0.4, 0.5) is 0 Å². The Balaban J connectivity index is 1.44. The third-order valence-corrected chi connectivity index (χ3v) is 10.4. The van der Waals surface area contributed by atoms with Gasteiger partial charge in [0.05, 0.1) is 5.41 Å². The lowest BCUT2D eigenvalue weighted by atomic mass is 9.23. The highest BCUT2D eigenvalue weighted by Gasteiger charge is 2.86. The minimum Gasteiger partial charge on any atom is -0.353 e. The lowest BCUT2D eigenvalue weighted by Gasteiger charge is -2.79. The van der Waals surface area contributed by atoms with Gasteiger partial charge in [0.25, 0.3) is 0 Å². The molecule has 4 heteroatoms. The van der Waals surface area contributed by atoms with E-state index in [9.17, 15) is 4.79 Å². The fourth-order valence-electron chi connectivity index (χ4n) is 8.84. The summed E-state index contributed by atoms with van der Waals surface area (Å²) in [5, 5.41) is 3.57. The average Bonchev–Trinajstić information content (AvgIpc) is 3.11. The first kappa shape index (κ1) is 21.8. The van der Waals surface area contributed by atoms with Crippen molar-refractivity contribution in [1.82, 2.24) is 5.32 Å². The summed E-state index contributed by atoms with van der Waals surface area (Å²) in [7, 11) is 0. The number of alkyl halides is 1. The second kappa shape index (κ2) is 8.06. The Kier molecular flexibility index (Phi) is 5.66. The molecule has 170 valence electrons. The van der Waals surface area contributed by atoms with Crippen LogP contribution in [0.25, 0.3) is 0 Å². The van der Waals surface area contributed by atoms with Crippen molar-refractivity contribution < 1.29 is 4.79 Å². The lowest BCUT2D eigenvalue weighted by Crippen LogP contribution is -2.79. The zero-order valence-electron chi connectivity index (χ0n) is 19.0. The van der Waals surface area contributed by atoms with Crippen molar-refractivity contribution in [3.63, 3.8) is 0 Å². The third kappa shape index (κ3) is 2.91. The van der Waals surface area contributed by atoms with Crippen LogP contribution in [0.2, 0.25) is 0 Å². The van der Waals surface area contributed by atoms with E-state index in [1.54, 1.807) is 0 Å². The fourth-order valence-corrected chi connectivity index (χ4v) is 9.15. The highest BCUT2D eigenvalue weighted by molar-refractivity contribution is 6.17. The Hall–Kier alpha value is -1.06. The van der Waals surface area contributed by atoms with Crippen LogP contribution in [0, 0.1) is 28.6 Å². The van der Waals surface area contributed by atoms with E-state index in [-0.39, 0.29) is 16.2 Å². The van der Waals surface area contributed by atoms with Gasteiger partial charge in [-0.15, -0.1) is 11.6 Å². The number of halogens is 1. The van der Waals surface area contributed by atoms with Gasteiger partial charge in [-0.2, -0.15) is 0 Å². The molecular weight excluding hydrogens is 404 g/mol. The lowest BCUT2D eigenvalue weighted by molar-refractivity contribution is -0.261. The number of carbonyl (C=O) groups is 1. The maximum atomic E-state index is 14.0. The van der Waals surface area contributed by atoms with Crippen molar-refractivity contribution in [2.75, 3.05) is 12.4 Å². The molecule has 5 rings (SSSR count). The first-order valence-corrected chi connectivity index (χ1v) is 13.2. The molecule has 1 aromatic carbocycles. The Morgan fingerprint density at radius 2 is 1.84 bits per heavy atom. The molecule has 31 heavy (non-hydrogen) atoms. The number of hydrogen-bond acceptors (Lipinski definition) is 2. The Labute approximate surface area is 192 Å². The fraction of sp³-hybridized carbons (Fsp3) is 0.741. The Morgan fingerprint density at radius 3 is 2.48 bits per heavy atom. The predicted octanol–water partition coefficient (Wildman–Crippen LogP) is 5.40. The Morgan fingerprint density at radius 1 is 1.10 bits per heavy atom. The van der Waals surface area contributed by atoms with Crippen LogP contribution in [0.5, 0.6) is 0 Å². The van der Waals surface area contributed by atoms with Crippen LogP contribution in [-0.4, -0.2) is 24.4 Å². The molecule has 4 aliphatic carbocycles. The number of hydrogen-bond donors (Lipinski definition) is 2. The molecule has 3 N–H and O–H groups in total. The van der Waals surface area contributed by atoms with E-state index in [0.29, 0.717) is 35.6 Å². The van der Waals surface area contributed by atoms with Crippen molar-refractivity contribution in [1.29, 1.82) is 0 Å². The van der Waals surface area contributed by atoms with Crippen LogP contribution < -0.4 is 11.1 Å². The zero-order valence-corrected chi connectivity index (χ0v) is 19.8. The summed E-state index contributed by atoms with van der Waals surface area (Å²) in [6.07, 6.45) is 11.2. The highest BCUT2D eigenvalue weighted by Crippen LogP contribution is 2.87. The molecule has 4 aliphatic rings. The van der Waals surface area contributed by atoms with Gasteiger partial charge in [-0.3, -0.25) is 4.79 Å². The molecule has 1 amide bonds. The van der Waals surface area contributed by atoms with Gasteiger partial charge in [0.15, 0.2) is 0 Å². The van der Waals surface area contributed by atoms with Gasteiger partial charge in [0, 0.05) is 17.3 Å². The first-order chi connectivity index (χ1) is 15.0. The molecule has 0 aliphatic heterocycles. The number of nitrogens with one attached hydrogen (secondary N) is 1. The summed E-state index contributed by atoms with van der Waals surface area (Å²) in [6, 6.07) is 11.4. The van der Waals surface area contributed by atoms with E-state index in [1.165, 1.54) is 24.8 Å². The third-order valence-electron chi connectivity index (χ3n) is 10.1. The molecule has 5 atom stereocenters. The predicted molar refractivity (Wildman–Crippen MR) is 127 cm³/mol. The van der Waals surface area contributed by atoms with Crippen molar-refractivity contribution in [3.8, 4) is 0 Å². The monoisotopic (exact) mass is 442 g/mol. The quantitative estimate of drug-likeness (QED) is 0.555. The number of nitrogens with two attached hydrogens (primary N) is 1. The van der Waals surface area contributed by atoms with E-state index in [1.807, 2.05) is 0 Å². The zero-order chi connectivity index (χ0) is 21.7. The van der Waals surface area contributed by atoms with Gasteiger partial charge in [-0.25, -0.2) is 0 Å². The Bertz CT molecular complexity index is 807. The minimum atomic E-state index is -0.191. The van der Waals surface area contributed by atoms with Gasteiger partial charge in [-0.1, -0.05) is 43.7 Å². The molecule has 5 unspecified atom stereocenters. The van der Waals surface area contributed by atoms with Gasteiger partial charge in [0.2, 0.25) is 5.91 Å². The number of benzene rings is 1. The molecule has 4 saturated carbocycles. The van der Waals surface area contributed by atoms with Gasteiger partial charge >= 0.3 is 0 Å². The van der Waals surface area contributed by atoms with E-state index in [0.717, 1.165) is 51.5 Å². The molecule has 4 fully saturated rings. The summed E-state index contributed by atoms with van der Waals surface area (Å²) in [6.45, 7) is 3.11. The molecule has 1 spiro atoms. The van der Waals surface area contributed by atoms with Gasteiger partial charge in [0.1, 0.15) is 0 Å². The molecule has 0 aromatic heterocycles. The normalized spacial score (nSPS) is 43.3. The topological polar surface area (TPSA) is 55.1 Å². The van der Waals surface area contributed by atoms with E-state index >= 15 is 0 Å². The largest absolute Gasteiger partial charge is 0.353 e. The van der Waals surface area contributed by atoms with Crippen LogP contribution in [-0.2, 0) is 10.2 Å². The van der Waals surface area contributed by atoms with Crippen LogP contribution in [0.3, 0.4) is 0 Å². The minimum absolute atomic E-state index is 0.130. The SMILES string of the molecule is CCC1CC2(c3ccccc3)CC3(C(=O)NC4CCC(CN)CC4)CC(CCCl)CC132. The van der Waals surface area contributed by atoms with Crippen LogP contribution in [0.1, 0.15) is 76.7 Å². The van der Waals surface area contributed by atoms with Crippen molar-refractivity contribution >= 4 is 17.5 Å². The number of carbonyl (C=O) groups excluding carboxylic acids is 1. The standard InChI is InChI=1S/C27H39ClN2O/c1-2-21-16-25(22-6-4-3-5-7-22)18-26(14-20(12-13-28)15-27(21,25)26)24(31)30-23-10-8-19(17-29)9-11-23/h3-7,19-21,23H,2,8-18,29H2,1H3,(H,30,31). The van der Waals surface area contributed by atoms with Crippen LogP contribution in [0.15, 0.2) is 30.3 Å². The second-order valence-electron chi connectivity index (χ2n) is 11.2. The molecule has 0 radical (unpaired) electrons. The van der Waals surface area contributed by atoms with Crippen molar-refractivity contribution in [2.24, 2.45) is 34.3 Å². The summed E-state index contributed by atoms with van der Waals surface area (Å²) < 4.78 is 0. The van der Waals surface area contributed by atoms with Crippen molar-refractivity contribution in [3.05, 3.63) is 35.9 Å². The maximum Gasteiger partial charge on any atom is 0.227 e. The van der Waals surface area contributed by atoms with E-state index in [2.05, 4.69) is 42.6 Å². The molecule has 3 nitrogen and oxygen atoms in total. The van der Waals surface area contributed by atoms with Gasteiger partial charge < -0.3 is 11.1 Å². The first-order valence-electron chi connectivity index (χ1n) is 12.7. The number of rotatable bonds is 7. The smallest absolute Gasteiger partial charge is 0.227 e. The van der Waals surface area contributed by atoms with Crippen LogP contribution >= 0.6 is 11.6 Å². The van der Waals surface area contributed by atoms with E-state index in [4.69, 9.17) is 17.3 Å². The molecule has 0 saturated heterocycles. The maximum absolute atomic E-state index is 14.0. The summed E-state index contributed by atoms with van der Waals surface area (Å²) in [4.78, 5) is 14.0. The second-order valence-corrected chi connectivity index (χ2v) is 11.5.